The van der Waals surface area contributed by atoms with E-state index >= 15 is 0 Å². The zero-order valence-corrected chi connectivity index (χ0v) is 12.2. The van der Waals surface area contributed by atoms with Crippen LogP contribution in [0.1, 0.15) is 11.1 Å². The van der Waals surface area contributed by atoms with Gasteiger partial charge in [0.15, 0.2) is 0 Å². The van der Waals surface area contributed by atoms with Crippen LogP contribution >= 0.6 is 15.9 Å². The van der Waals surface area contributed by atoms with E-state index in [9.17, 15) is 8.78 Å². The molecule has 0 bridgehead atoms. The molecule has 0 aliphatic heterocycles. The lowest BCUT2D eigenvalue weighted by atomic mass is 10.2. The van der Waals surface area contributed by atoms with Crippen molar-refractivity contribution in [2.75, 3.05) is 0 Å². The molecule has 0 radical (unpaired) electrons. The Morgan fingerprint density at radius 2 is 1.45 bits per heavy atom. The zero-order chi connectivity index (χ0) is 14.4. The van der Waals surface area contributed by atoms with Crippen molar-refractivity contribution in [1.29, 1.82) is 0 Å². The molecule has 2 rings (SSSR count). The highest BCUT2D eigenvalue weighted by Gasteiger charge is 2.26. The number of halogens is 3. The molecule has 0 aromatic heterocycles. The summed E-state index contributed by atoms with van der Waals surface area (Å²) in [5.41, 5.74) is 2.21. The van der Waals surface area contributed by atoms with Crippen molar-refractivity contribution >= 4 is 15.9 Å². The summed E-state index contributed by atoms with van der Waals surface area (Å²) in [6, 6.07) is 16.6. The SMILES string of the molecule is FC(F)(Br)Oc1ccc(CNCc2ccccc2)cc1. The Labute approximate surface area is 124 Å². The standard InChI is InChI=1S/C15H14BrF2NO/c16-15(17,18)20-14-8-6-13(7-9-14)11-19-10-12-4-2-1-3-5-12/h1-9,19H,10-11H2. The molecule has 20 heavy (non-hydrogen) atoms. The summed E-state index contributed by atoms with van der Waals surface area (Å²) in [6.07, 6.45) is 0. The van der Waals surface area contributed by atoms with Gasteiger partial charge in [-0.15, -0.1) is 0 Å². The number of hydrogen-bond donors (Lipinski definition) is 1. The molecule has 5 heteroatoms. The summed E-state index contributed by atoms with van der Waals surface area (Å²) in [7, 11) is 0. The summed E-state index contributed by atoms with van der Waals surface area (Å²) in [5, 5.41) is -0.0458. The maximum atomic E-state index is 12.6. The molecule has 0 heterocycles. The average molecular weight is 342 g/mol. The van der Waals surface area contributed by atoms with E-state index in [2.05, 4.69) is 26.0 Å². The average Bonchev–Trinajstić information content (AvgIpc) is 2.40. The van der Waals surface area contributed by atoms with E-state index in [0.29, 0.717) is 6.54 Å². The predicted octanol–water partition coefficient (Wildman–Crippen LogP) is 4.30. The second-order valence-electron chi connectivity index (χ2n) is 4.28. The molecule has 0 amide bonds. The van der Waals surface area contributed by atoms with E-state index in [-0.39, 0.29) is 5.75 Å². The van der Waals surface area contributed by atoms with Gasteiger partial charge in [-0.2, -0.15) is 8.78 Å². The number of rotatable bonds is 6. The molecule has 0 aliphatic rings. The third kappa shape index (κ3) is 5.27. The van der Waals surface area contributed by atoms with Crippen molar-refractivity contribution in [3.05, 3.63) is 65.7 Å². The first-order chi connectivity index (χ1) is 9.53. The van der Waals surface area contributed by atoms with Crippen LogP contribution in [0.25, 0.3) is 0 Å². The molecule has 0 aliphatic carbocycles. The summed E-state index contributed by atoms with van der Waals surface area (Å²) in [5.74, 6) is 0.124. The Kier molecular flexibility index (Phi) is 5.09. The van der Waals surface area contributed by atoms with Crippen LogP contribution < -0.4 is 10.1 Å². The fourth-order valence-electron chi connectivity index (χ4n) is 1.76. The normalized spacial score (nSPS) is 11.3. The molecular weight excluding hydrogens is 328 g/mol. The van der Waals surface area contributed by atoms with Crippen LogP contribution in [0.5, 0.6) is 5.75 Å². The number of alkyl halides is 3. The fourth-order valence-corrected chi connectivity index (χ4v) is 1.94. The summed E-state index contributed by atoms with van der Waals surface area (Å²) in [4.78, 5) is 0. The molecule has 106 valence electrons. The molecule has 2 aromatic rings. The molecule has 0 saturated carbocycles. The quantitative estimate of drug-likeness (QED) is 0.791. The van der Waals surface area contributed by atoms with Crippen LogP contribution in [0.2, 0.25) is 0 Å². The molecule has 0 spiro atoms. The third-order valence-electron chi connectivity index (χ3n) is 2.66. The molecule has 0 atom stereocenters. The highest BCUT2D eigenvalue weighted by molar-refractivity contribution is 9.09. The lowest BCUT2D eigenvalue weighted by Crippen LogP contribution is -2.15. The highest BCUT2D eigenvalue weighted by atomic mass is 79.9. The van der Waals surface area contributed by atoms with E-state index in [1.54, 1.807) is 12.1 Å². The topological polar surface area (TPSA) is 21.3 Å². The monoisotopic (exact) mass is 341 g/mol. The van der Waals surface area contributed by atoms with Crippen molar-refractivity contribution in [2.24, 2.45) is 0 Å². The molecule has 2 aromatic carbocycles. The third-order valence-corrected chi connectivity index (χ3v) is 2.82. The van der Waals surface area contributed by atoms with Gasteiger partial charge in [0.05, 0.1) is 0 Å². The number of hydrogen-bond acceptors (Lipinski definition) is 2. The van der Waals surface area contributed by atoms with Crippen molar-refractivity contribution in [3.8, 4) is 5.75 Å². The van der Waals surface area contributed by atoms with Crippen LogP contribution in [0.3, 0.4) is 0 Å². The van der Waals surface area contributed by atoms with E-state index in [0.717, 1.165) is 12.1 Å². The van der Waals surface area contributed by atoms with Crippen LogP contribution in [0.15, 0.2) is 54.6 Å². The maximum absolute atomic E-state index is 12.6. The van der Waals surface area contributed by atoms with Gasteiger partial charge < -0.3 is 10.1 Å². The number of ether oxygens (including phenoxy) is 1. The van der Waals surface area contributed by atoms with E-state index < -0.39 is 5.02 Å². The van der Waals surface area contributed by atoms with Gasteiger partial charge in [-0.25, -0.2) is 0 Å². The van der Waals surface area contributed by atoms with Crippen molar-refractivity contribution in [1.82, 2.24) is 5.32 Å². The highest BCUT2D eigenvalue weighted by Crippen LogP contribution is 2.26. The predicted molar refractivity (Wildman–Crippen MR) is 77.9 cm³/mol. The fraction of sp³-hybridized carbons (Fsp3) is 0.200. The van der Waals surface area contributed by atoms with Crippen molar-refractivity contribution < 1.29 is 13.5 Å². The van der Waals surface area contributed by atoms with Crippen LogP contribution in [0, 0.1) is 0 Å². The molecule has 0 fully saturated rings. The summed E-state index contributed by atoms with van der Waals surface area (Å²) < 4.78 is 29.6. The Morgan fingerprint density at radius 3 is 2.00 bits per heavy atom. The number of benzene rings is 2. The Balaban J connectivity index is 1.82. The second-order valence-corrected chi connectivity index (χ2v) is 5.20. The minimum absolute atomic E-state index is 0.124. The summed E-state index contributed by atoms with van der Waals surface area (Å²) >= 11 is 2.13. The van der Waals surface area contributed by atoms with Crippen LogP contribution in [0.4, 0.5) is 8.78 Å². The molecule has 0 unspecified atom stereocenters. The Bertz CT molecular complexity index is 526. The second kappa shape index (κ2) is 6.81. The van der Waals surface area contributed by atoms with Gasteiger partial charge in [-0.05, 0) is 23.3 Å². The minimum Gasteiger partial charge on any atom is -0.424 e. The van der Waals surface area contributed by atoms with E-state index in [4.69, 9.17) is 0 Å². The number of nitrogens with one attached hydrogen (secondary N) is 1. The molecule has 0 saturated heterocycles. The van der Waals surface area contributed by atoms with Crippen molar-refractivity contribution in [2.45, 2.75) is 18.1 Å². The van der Waals surface area contributed by atoms with Gasteiger partial charge in [0.25, 0.3) is 0 Å². The summed E-state index contributed by atoms with van der Waals surface area (Å²) in [6.45, 7) is 1.43. The smallest absolute Gasteiger partial charge is 0.424 e. The Morgan fingerprint density at radius 1 is 0.900 bits per heavy atom. The largest absolute Gasteiger partial charge is 0.459 e. The van der Waals surface area contributed by atoms with E-state index in [1.807, 2.05) is 30.3 Å². The van der Waals surface area contributed by atoms with Gasteiger partial charge in [0, 0.05) is 29.0 Å². The van der Waals surface area contributed by atoms with Gasteiger partial charge in [0.2, 0.25) is 0 Å². The first kappa shape index (κ1) is 14.9. The van der Waals surface area contributed by atoms with Crippen LogP contribution in [-0.4, -0.2) is 5.02 Å². The Hall–Kier alpha value is -1.46. The lowest BCUT2D eigenvalue weighted by Gasteiger charge is -2.11. The van der Waals surface area contributed by atoms with Gasteiger partial charge in [-0.1, -0.05) is 42.5 Å². The minimum atomic E-state index is -3.33. The zero-order valence-electron chi connectivity index (χ0n) is 10.7. The molecular formula is C15H14BrF2NO. The first-order valence-corrected chi connectivity index (χ1v) is 6.91. The van der Waals surface area contributed by atoms with Crippen molar-refractivity contribution in [3.63, 3.8) is 0 Å². The van der Waals surface area contributed by atoms with Gasteiger partial charge in [0.1, 0.15) is 5.75 Å². The van der Waals surface area contributed by atoms with E-state index in [1.165, 1.54) is 17.7 Å². The molecule has 1 N–H and O–H groups in total. The van der Waals surface area contributed by atoms with Gasteiger partial charge >= 0.3 is 5.02 Å². The maximum Gasteiger partial charge on any atom is 0.459 e. The van der Waals surface area contributed by atoms with Crippen LogP contribution in [-0.2, 0) is 13.1 Å². The lowest BCUT2D eigenvalue weighted by molar-refractivity contribution is -0.0803. The first-order valence-electron chi connectivity index (χ1n) is 6.12. The van der Waals surface area contributed by atoms with Gasteiger partial charge in [-0.3, -0.25) is 0 Å². The molecule has 2 nitrogen and oxygen atoms in total.